The van der Waals surface area contributed by atoms with Crippen molar-refractivity contribution in [2.45, 2.75) is 176 Å². The highest BCUT2D eigenvalue weighted by atomic mass is 16.6. The average molecular weight is 657 g/mol. The van der Waals surface area contributed by atoms with Crippen LogP contribution in [0, 0.1) is 46.3 Å². The molecule has 6 nitrogen and oxygen atoms in total. The van der Waals surface area contributed by atoms with Crippen LogP contribution in [0.2, 0.25) is 0 Å². The van der Waals surface area contributed by atoms with Gasteiger partial charge in [-0.2, -0.15) is 0 Å². The minimum atomic E-state index is -0.456. The largest absolute Gasteiger partial charge is 0.446 e. The van der Waals surface area contributed by atoms with Gasteiger partial charge in [0, 0.05) is 19.5 Å². The van der Waals surface area contributed by atoms with Gasteiger partial charge in [-0.1, -0.05) is 91.2 Å². The van der Waals surface area contributed by atoms with E-state index in [9.17, 15) is 9.59 Å². The van der Waals surface area contributed by atoms with Gasteiger partial charge in [0.05, 0.1) is 0 Å². The van der Waals surface area contributed by atoms with Gasteiger partial charge in [0.1, 0.15) is 11.7 Å². The van der Waals surface area contributed by atoms with Crippen LogP contribution in [0.25, 0.3) is 0 Å². The number of allylic oxidation sites excluding steroid dienone is 1. The lowest BCUT2D eigenvalue weighted by molar-refractivity contribution is -0.0581. The molecule has 2 N–H and O–H groups in total. The summed E-state index contributed by atoms with van der Waals surface area (Å²) in [4.78, 5) is 24.4. The van der Waals surface area contributed by atoms with E-state index in [4.69, 9.17) is 9.47 Å². The number of amides is 2. The molecule has 3 fully saturated rings. The van der Waals surface area contributed by atoms with Gasteiger partial charge >= 0.3 is 12.2 Å². The Kier molecular flexibility index (Phi) is 13.6. The molecule has 4 aliphatic carbocycles. The third-order valence-corrected chi connectivity index (χ3v) is 13.1. The number of ether oxygens (including phenoxy) is 2. The first-order chi connectivity index (χ1) is 22.2. The van der Waals surface area contributed by atoms with E-state index < -0.39 is 5.60 Å². The number of unbranched alkanes of at least 4 members (excludes halogenated alkanes) is 5. The number of alkyl carbamates (subject to hydrolysis) is 2. The summed E-state index contributed by atoms with van der Waals surface area (Å²) in [6.45, 7) is 19.5. The smallest absolute Gasteiger partial charge is 0.407 e. The number of hydrogen-bond donors (Lipinski definition) is 2. The topological polar surface area (TPSA) is 76.7 Å². The van der Waals surface area contributed by atoms with Gasteiger partial charge in [-0.25, -0.2) is 9.59 Å². The predicted octanol–water partition coefficient (Wildman–Crippen LogP) is 11.0. The first kappa shape index (κ1) is 38.1. The Balaban J connectivity index is 1.13. The molecule has 0 aromatic rings. The van der Waals surface area contributed by atoms with Crippen molar-refractivity contribution in [3.05, 3.63) is 11.6 Å². The van der Waals surface area contributed by atoms with E-state index >= 15 is 0 Å². The van der Waals surface area contributed by atoms with Crippen LogP contribution in [-0.4, -0.2) is 37.0 Å². The van der Waals surface area contributed by atoms with Crippen molar-refractivity contribution in [1.29, 1.82) is 0 Å². The maximum atomic E-state index is 12.7. The minimum Gasteiger partial charge on any atom is -0.446 e. The van der Waals surface area contributed by atoms with Gasteiger partial charge in [-0.15, -0.1) is 0 Å². The van der Waals surface area contributed by atoms with Crippen molar-refractivity contribution >= 4 is 12.2 Å². The maximum absolute atomic E-state index is 12.7. The summed E-state index contributed by atoms with van der Waals surface area (Å²) < 4.78 is 11.2. The molecule has 4 rings (SSSR count). The second kappa shape index (κ2) is 16.8. The summed E-state index contributed by atoms with van der Waals surface area (Å²) in [7, 11) is 0. The molecule has 6 heteroatoms. The summed E-state index contributed by atoms with van der Waals surface area (Å²) in [5.74, 6) is 5.10. The molecule has 4 aliphatic rings. The van der Waals surface area contributed by atoms with Crippen molar-refractivity contribution in [1.82, 2.24) is 10.6 Å². The Bertz CT molecular complexity index is 1050. The second-order valence-corrected chi connectivity index (χ2v) is 18.0. The summed E-state index contributed by atoms with van der Waals surface area (Å²) >= 11 is 0. The van der Waals surface area contributed by atoms with Gasteiger partial charge in [-0.3, -0.25) is 0 Å². The summed E-state index contributed by atoms with van der Waals surface area (Å²) in [6.07, 6.45) is 22.6. The van der Waals surface area contributed by atoms with Crippen molar-refractivity contribution in [2.24, 2.45) is 46.3 Å². The normalized spacial score (nSPS) is 32.4. The molecule has 0 aromatic carbocycles. The molecule has 0 unspecified atom stereocenters. The Morgan fingerprint density at radius 2 is 1.49 bits per heavy atom. The predicted molar refractivity (Wildman–Crippen MR) is 193 cm³/mol. The lowest BCUT2D eigenvalue weighted by Crippen LogP contribution is -2.51. The molecule has 0 aromatic heterocycles. The molecule has 2 amide bonds. The van der Waals surface area contributed by atoms with Crippen molar-refractivity contribution in [3.8, 4) is 0 Å². The molecular weight excluding hydrogens is 584 g/mol. The molecule has 0 bridgehead atoms. The van der Waals surface area contributed by atoms with Gasteiger partial charge in [0.25, 0.3) is 0 Å². The molecule has 0 heterocycles. The lowest BCUT2D eigenvalue weighted by Gasteiger charge is -2.58. The van der Waals surface area contributed by atoms with Crippen LogP contribution < -0.4 is 10.6 Å². The van der Waals surface area contributed by atoms with E-state index in [2.05, 4.69) is 51.3 Å². The highest BCUT2D eigenvalue weighted by molar-refractivity contribution is 5.67. The average Bonchev–Trinajstić information content (AvgIpc) is 3.34. The van der Waals surface area contributed by atoms with E-state index in [0.29, 0.717) is 18.5 Å². The number of hydrogen-bond acceptors (Lipinski definition) is 4. The summed E-state index contributed by atoms with van der Waals surface area (Å²) in [5.41, 5.74) is 1.94. The van der Waals surface area contributed by atoms with E-state index in [1.807, 2.05) is 20.8 Å². The molecule has 8 atom stereocenters. The molecule has 270 valence electrons. The van der Waals surface area contributed by atoms with E-state index in [1.165, 1.54) is 51.4 Å². The number of carbonyl (C=O) groups is 2. The molecule has 0 spiro atoms. The fourth-order valence-corrected chi connectivity index (χ4v) is 10.6. The zero-order chi connectivity index (χ0) is 34.2. The van der Waals surface area contributed by atoms with Crippen LogP contribution in [0.15, 0.2) is 11.6 Å². The Hall–Kier alpha value is -1.72. The summed E-state index contributed by atoms with van der Waals surface area (Å²) in [5, 5.41) is 5.84. The summed E-state index contributed by atoms with van der Waals surface area (Å²) in [6, 6.07) is 0. The van der Waals surface area contributed by atoms with Crippen LogP contribution >= 0.6 is 0 Å². The minimum absolute atomic E-state index is 0.0107. The standard InChI is InChI=1S/C41H72N2O4/c1-29(2)16-15-17-30(3)34-20-21-35-33-19-18-31-28-32(22-24-40(31,7)36(33)23-25-41(34,35)8)46-37(44)42-26-13-11-9-10-12-14-27-43-38(45)47-39(4,5)6/h18,29-30,32-36H,9-17,19-28H2,1-8H3,(H,42,44)(H,43,45)/t30-,32+,33+,34-,35+,36+,40+,41-/m1/s1. The highest BCUT2D eigenvalue weighted by Crippen LogP contribution is 2.67. The zero-order valence-electron chi connectivity index (χ0n) is 31.7. The monoisotopic (exact) mass is 657 g/mol. The third kappa shape index (κ3) is 10.2. The van der Waals surface area contributed by atoms with Gasteiger partial charge in [0.15, 0.2) is 0 Å². The fourth-order valence-electron chi connectivity index (χ4n) is 10.6. The van der Waals surface area contributed by atoms with Gasteiger partial charge < -0.3 is 20.1 Å². The molecule has 0 saturated heterocycles. The number of fused-ring (bicyclic) bond motifs is 5. The maximum Gasteiger partial charge on any atom is 0.407 e. The molecule has 3 saturated carbocycles. The van der Waals surface area contributed by atoms with Crippen LogP contribution in [0.1, 0.15) is 165 Å². The molecule has 0 radical (unpaired) electrons. The SMILES string of the molecule is CC(C)CCC[C@@H](C)[C@H]1CC[C@H]2[C@@H]3CC=C4C[C@@H](OC(=O)NCCCCCCCCNC(=O)OC(C)(C)C)CC[C@]4(C)[C@H]3CC[C@]12C. The quantitative estimate of drug-likeness (QED) is 0.136. The van der Waals surface area contributed by atoms with Gasteiger partial charge in [0.2, 0.25) is 0 Å². The molecule has 0 aliphatic heterocycles. The first-order valence-corrected chi connectivity index (χ1v) is 19.8. The van der Waals surface area contributed by atoms with Crippen LogP contribution in [0.4, 0.5) is 9.59 Å². The van der Waals surface area contributed by atoms with E-state index in [1.54, 1.807) is 5.57 Å². The van der Waals surface area contributed by atoms with Crippen LogP contribution in [0.3, 0.4) is 0 Å². The molecular formula is C41H72N2O4. The van der Waals surface area contributed by atoms with Crippen molar-refractivity contribution < 1.29 is 19.1 Å². The van der Waals surface area contributed by atoms with Crippen LogP contribution in [0.5, 0.6) is 0 Å². The van der Waals surface area contributed by atoms with Crippen molar-refractivity contribution in [3.63, 3.8) is 0 Å². The van der Waals surface area contributed by atoms with E-state index in [0.717, 1.165) is 93.3 Å². The van der Waals surface area contributed by atoms with Gasteiger partial charge in [-0.05, 0) is 125 Å². The Morgan fingerprint density at radius 1 is 0.830 bits per heavy atom. The fraction of sp³-hybridized carbons (Fsp3) is 0.902. The second-order valence-electron chi connectivity index (χ2n) is 18.0. The molecule has 47 heavy (non-hydrogen) atoms. The third-order valence-electron chi connectivity index (χ3n) is 13.1. The highest BCUT2D eigenvalue weighted by Gasteiger charge is 2.59. The Morgan fingerprint density at radius 3 is 2.15 bits per heavy atom. The number of carbonyl (C=O) groups excluding carboxylic acids is 2. The van der Waals surface area contributed by atoms with Crippen LogP contribution in [-0.2, 0) is 9.47 Å². The first-order valence-electron chi connectivity index (χ1n) is 19.8. The zero-order valence-corrected chi connectivity index (χ0v) is 31.7. The Labute approximate surface area is 288 Å². The number of nitrogens with one attached hydrogen (secondary N) is 2. The van der Waals surface area contributed by atoms with Crippen molar-refractivity contribution in [2.75, 3.05) is 13.1 Å². The van der Waals surface area contributed by atoms with E-state index in [-0.39, 0.29) is 23.7 Å². The number of rotatable bonds is 15. The lowest BCUT2D eigenvalue weighted by atomic mass is 9.47.